The lowest BCUT2D eigenvalue weighted by molar-refractivity contribution is -0.142. The highest BCUT2D eigenvalue weighted by molar-refractivity contribution is 6.19. The van der Waals surface area contributed by atoms with Crippen LogP contribution in [0.3, 0.4) is 0 Å². The minimum atomic E-state index is -0.569. The zero-order chi connectivity index (χ0) is 27.1. The quantitative estimate of drug-likeness (QED) is 0.359. The van der Waals surface area contributed by atoms with E-state index in [4.69, 9.17) is 14.6 Å². The lowest BCUT2D eigenvalue weighted by Crippen LogP contribution is -2.46. The standard InChI is InChI=1S/C31H28N4O4/c1-19-13-22-14-21(10-11-28(22)39-19)29-23(17-35(33-29)24-7-4-3-5-8-24)15-26-20(2)27(16-32)31(37)34(30(26)36)18-25-9-6-12-38-25/h3-5,7-8,10-11,14-15,17,19,25H,6,9,12-13,18H2,1-2H3/b26-15+. The van der Waals surface area contributed by atoms with E-state index >= 15 is 0 Å². The molecule has 6 rings (SSSR count). The van der Waals surface area contributed by atoms with Crippen LogP contribution in [0.15, 0.2) is 71.4 Å². The number of nitriles is 1. The summed E-state index contributed by atoms with van der Waals surface area (Å²) in [6.07, 6.45) is 5.99. The number of amides is 2. The molecule has 3 aliphatic rings. The molecule has 1 fully saturated rings. The number of fused-ring (bicyclic) bond motifs is 1. The Bertz CT molecular complexity index is 1570. The molecule has 2 unspecified atom stereocenters. The zero-order valence-electron chi connectivity index (χ0n) is 21.9. The number of carbonyl (C=O) groups is 2. The summed E-state index contributed by atoms with van der Waals surface area (Å²) in [5.41, 5.74) is 4.91. The predicted molar refractivity (Wildman–Crippen MR) is 145 cm³/mol. The van der Waals surface area contributed by atoms with E-state index in [1.165, 1.54) is 0 Å². The van der Waals surface area contributed by atoms with Crippen LogP contribution in [0.5, 0.6) is 5.75 Å². The molecule has 0 aliphatic carbocycles. The van der Waals surface area contributed by atoms with Gasteiger partial charge < -0.3 is 9.47 Å². The fraction of sp³-hybridized carbons (Fsp3) is 0.290. The fourth-order valence-corrected chi connectivity index (χ4v) is 5.44. The average molecular weight is 521 g/mol. The molecule has 3 aromatic rings. The van der Waals surface area contributed by atoms with Crippen molar-refractivity contribution in [1.29, 1.82) is 5.26 Å². The van der Waals surface area contributed by atoms with Crippen molar-refractivity contribution in [2.75, 3.05) is 13.2 Å². The lowest BCUT2D eigenvalue weighted by Gasteiger charge is -2.29. The van der Waals surface area contributed by atoms with Crippen molar-refractivity contribution in [3.63, 3.8) is 0 Å². The maximum atomic E-state index is 13.7. The monoisotopic (exact) mass is 520 g/mol. The Kier molecular flexibility index (Phi) is 6.37. The summed E-state index contributed by atoms with van der Waals surface area (Å²) in [5, 5.41) is 14.7. The molecule has 39 heavy (non-hydrogen) atoms. The maximum Gasteiger partial charge on any atom is 0.271 e. The van der Waals surface area contributed by atoms with Gasteiger partial charge in [0.05, 0.1) is 24.0 Å². The molecule has 0 spiro atoms. The minimum absolute atomic E-state index is 0.0282. The number of nitrogens with zero attached hydrogens (tertiary/aromatic N) is 4. The summed E-state index contributed by atoms with van der Waals surface area (Å²) >= 11 is 0. The van der Waals surface area contributed by atoms with Crippen molar-refractivity contribution in [1.82, 2.24) is 14.7 Å². The maximum absolute atomic E-state index is 13.7. The molecule has 2 atom stereocenters. The van der Waals surface area contributed by atoms with Crippen molar-refractivity contribution in [2.45, 2.75) is 45.3 Å². The first-order valence-electron chi connectivity index (χ1n) is 13.2. The number of para-hydroxylation sites is 1. The Hall–Kier alpha value is -4.48. The molecule has 196 valence electrons. The highest BCUT2D eigenvalue weighted by atomic mass is 16.5. The Morgan fingerprint density at radius 2 is 1.97 bits per heavy atom. The van der Waals surface area contributed by atoms with Crippen LogP contribution in [0, 0.1) is 11.3 Å². The smallest absolute Gasteiger partial charge is 0.271 e. The van der Waals surface area contributed by atoms with E-state index in [-0.39, 0.29) is 24.3 Å². The van der Waals surface area contributed by atoms with E-state index in [9.17, 15) is 14.9 Å². The second-order valence-electron chi connectivity index (χ2n) is 10.2. The molecule has 3 aliphatic heterocycles. The van der Waals surface area contributed by atoms with Crippen molar-refractivity contribution >= 4 is 17.9 Å². The van der Waals surface area contributed by atoms with E-state index < -0.39 is 11.8 Å². The molecule has 0 N–H and O–H groups in total. The molecule has 0 saturated carbocycles. The van der Waals surface area contributed by atoms with Crippen LogP contribution in [-0.2, 0) is 20.7 Å². The van der Waals surface area contributed by atoms with Crippen LogP contribution in [0.25, 0.3) is 23.0 Å². The van der Waals surface area contributed by atoms with Gasteiger partial charge in [-0.05, 0) is 74.2 Å². The highest BCUT2D eigenvalue weighted by Crippen LogP contribution is 2.36. The first kappa shape index (κ1) is 24.8. The first-order valence-corrected chi connectivity index (χ1v) is 13.2. The van der Waals surface area contributed by atoms with Gasteiger partial charge in [0.15, 0.2) is 0 Å². The van der Waals surface area contributed by atoms with Gasteiger partial charge in [-0.15, -0.1) is 0 Å². The molecule has 0 bridgehead atoms. The van der Waals surface area contributed by atoms with Gasteiger partial charge in [-0.2, -0.15) is 10.4 Å². The highest BCUT2D eigenvalue weighted by Gasteiger charge is 2.37. The lowest BCUT2D eigenvalue weighted by atomic mass is 9.92. The minimum Gasteiger partial charge on any atom is -0.490 e. The number of aromatic nitrogens is 2. The topological polar surface area (TPSA) is 97.5 Å². The number of hydrogen-bond donors (Lipinski definition) is 0. The number of imide groups is 1. The second-order valence-corrected chi connectivity index (χ2v) is 10.2. The summed E-state index contributed by atoms with van der Waals surface area (Å²) in [6, 6.07) is 17.8. The normalized spacial score (nSPS) is 21.9. The van der Waals surface area contributed by atoms with Crippen LogP contribution in [0.4, 0.5) is 0 Å². The molecular weight excluding hydrogens is 492 g/mol. The van der Waals surface area contributed by atoms with Gasteiger partial charge >= 0.3 is 0 Å². The van der Waals surface area contributed by atoms with Gasteiger partial charge in [0.1, 0.15) is 23.5 Å². The molecule has 2 amide bonds. The molecule has 8 heteroatoms. The molecule has 1 saturated heterocycles. The van der Waals surface area contributed by atoms with Crippen molar-refractivity contribution < 1.29 is 19.1 Å². The van der Waals surface area contributed by atoms with E-state index in [0.717, 1.165) is 46.7 Å². The van der Waals surface area contributed by atoms with Gasteiger partial charge in [0.2, 0.25) is 0 Å². The molecule has 2 aromatic carbocycles. The largest absolute Gasteiger partial charge is 0.490 e. The van der Waals surface area contributed by atoms with Gasteiger partial charge in [0, 0.05) is 35.9 Å². The van der Waals surface area contributed by atoms with Gasteiger partial charge in [-0.3, -0.25) is 14.5 Å². The van der Waals surface area contributed by atoms with Crippen LogP contribution >= 0.6 is 0 Å². The zero-order valence-corrected chi connectivity index (χ0v) is 21.9. The number of ether oxygens (including phenoxy) is 2. The molecule has 0 radical (unpaired) electrons. The number of hydrogen-bond acceptors (Lipinski definition) is 6. The molecule has 4 heterocycles. The summed E-state index contributed by atoms with van der Waals surface area (Å²) in [4.78, 5) is 28.0. The Morgan fingerprint density at radius 1 is 1.15 bits per heavy atom. The van der Waals surface area contributed by atoms with Crippen LogP contribution in [0.2, 0.25) is 0 Å². The predicted octanol–water partition coefficient (Wildman–Crippen LogP) is 4.63. The van der Waals surface area contributed by atoms with Gasteiger partial charge in [-0.1, -0.05) is 18.2 Å². The van der Waals surface area contributed by atoms with E-state index in [2.05, 4.69) is 6.07 Å². The van der Waals surface area contributed by atoms with E-state index in [0.29, 0.717) is 29.0 Å². The van der Waals surface area contributed by atoms with Crippen LogP contribution in [0.1, 0.15) is 37.8 Å². The average Bonchev–Trinajstić information content (AvgIpc) is 3.69. The van der Waals surface area contributed by atoms with Crippen LogP contribution < -0.4 is 4.74 Å². The van der Waals surface area contributed by atoms with Gasteiger partial charge in [-0.25, -0.2) is 4.68 Å². The summed E-state index contributed by atoms with van der Waals surface area (Å²) in [7, 11) is 0. The Morgan fingerprint density at radius 3 is 2.72 bits per heavy atom. The van der Waals surface area contributed by atoms with Crippen molar-refractivity contribution in [2.24, 2.45) is 0 Å². The second kappa shape index (κ2) is 10.0. The SMILES string of the molecule is CC1=C(C#N)C(=O)N(CC2CCCO2)C(=O)/C1=C/c1cn(-c2ccccc2)nc1-c1ccc2c(c1)CC(C)O2. The van der Waals surface area contributed by atoms with E-state index in [1.807, 2.05) is 61.7 Å². The third-order valence-corrected chi connectivity index (χ3v) is 7.47. The molecular formula is C31H28N4O4. The summed E-state index contributed by atoms with van der Waals surface area (Å²) < 4.78 is 13.4. The van der Waals surface area contributed by atoms with Gasteiger partial charge in [0.25, 0.3) is 11.8 Å². The van der Waals surface area contributed by atoms with Crippen molar-refractivity contribution in [3.05, 3.63) is 82.6 Å². The third kappa shape index (κ3) is 4.55. The summed E-state index contributed by atoms with van der Waals surface area (Å²) in [5.74, 6) is -0.126. The number of benzene rings is 2. The third-order valence-electron chi connectivity index (χ3n) is 7.47. The van der Waals surface area contributed by atoms with E-state index in [1.54, 1.807) is 17.7 Å². The molecule has 1 aromatic heterocycles. The van der Waals surface area contributed by atoms with Crippen LogP contribution in [-0.4, -0.2) is 51.9 Å². The fourth-order valence-electron chi connectivity index (χ4n) is 5.44. The number of rotatable bonds is 5. The summed E-state index contributed by atoms with van der Waals surface area (Å²) in [6.45, 7) is 4.43. The Balaban J connectivity index is 1.47. The molecule has 8 nitrogen and oxygen atoms in total. The number of carbonyl (C=O) groups excluding carboxylic acids is 2. The van der Waals surface area contributed by atoms with Crippen molar-refractivity contribution in [3.8, 4) is 28.8 Å². The first-order chi connectivity index (χ1) is 18.9. The Labute approximate surface area is 226 Å².